The number of para-hydroxylation sites is 1. The Hall–Kier alpha value is -3.02. The van der Waals surface area contributed by atoms with Crippen LogP contribution >= 0.6 is 0 Å². The quantitative estimate of drug-likeness (QED) is 0.806. The predicted molar refractivity (Wildman–Crippen MR) is 109 cm³/mol. The number of carboxylic acid groups (broad SMARTS) is 1. The van der Waals surface area contributed by atoms with Gasteiger partial charge in [0, 0.05) is 44.8 Å². The standard InChI is InChI=1S/C22H27N3O3/c1-24-13-14-25(16-18-9-5-6-10-20(18)24)22(28)23-19(11-12-21(26)27)15-17-7-3-2-4-8-17/h2-10,19H,11-16H2,1H3,(H,23,28)(H,26,27). The molecular formula is C22H27N3O3. The summed E-state index contributed by atoms with van der Waals surface area (Å²) in [6, 6.07) is 17.6. The van der Waals surface area contributed by atoms with E-state index >= 15 is 0 Å². The third-order valence-electron chi connectivity index (χ3n) is 5.12. The van der Waals surface area contributed by atoms with E-state index in [0.29, 0.717) is 25.9 Å². The number of carbonyl (C=O) groups is 2. The van der Waals surface area contributed by atoms with Crippen LogP contribution < -0.4 is 10.2 Å². The highest BCUT2D eigenvalue weighted by molar-refractivity contribution is 5.75. The molecule has 0 radical (unpaired) electrons. The molecule has 0 fully saturated rings. The second kappa shape index (κ2) is 9.26. The van der Waals surface area contributed by atoms with Gasteiger partial charge in [0.2, 0.25) is 0 Å². The third kappa shape index (κ3) is 5.25. The summed E-state index contributed by atoms with van der Waals surface area (Å²) in [6.07, 6.45) is 1.05. The highest BCUT2D eigenvalue weighted by atomic mass is 16.4. The fourth-order valence-electron chi connectivity index (χ4n) is 3.55. The lowest BCUT2D eigenvalue weighted by atomic mass is 10.0. The number of carboxylic acids is 1. The van der Waals surface area contributed by atoms with Gasteiger partial charge in [-0.2, -0.15) is 0 Å². The van der Waals surface area contributed by atoms with E-state index in [1.807, 2.05) is 55.6 Å². The summed E-state index contributed by atoms with van der Waals surface area (Å²) in [5, 5.41) is 12.1. The minimum atomic E-state index is -0.849. The predicted octanol–water partition coefficient (Wildman–Crippen LogP) is 3.12. The van der Waals surface area contributed by atoms with Crippen LogP contribution in [0.25, 0.3) is 0 Å². The molecule has 6 nitrogen and oxygen atoms in total. The number of hydrogen-bond acceptors (Lipinski definition) is 3. The maximum atomic E-state index is 13.0. The van der Waals surface area contributed by atoms with Crippen LogP contribution in [0.2, 0.25) is 0 Å². The van der Waals surface area contributed by atoms with Gasteiger partial charge in [0.15, 0.2) is 0 Å². The Morgan fingerprint density at radius 1 is 1.07 bits per heavy atom. The zero-order valence-electron chi connectivity index (χ0n) is 16.2. The first-order chi connectivity index (χ1) is 13.5. The molecule has 0 aromatic heterocycles. The van der Waals surface area contributed by atoms with E-state index in [1.165, 1.54) is 0 Å². The average Bonchev–Trinajstić information content (AvgIpc) is 2.86. The van der Waals surface area contributed by atoms with Crippen LogP contribution in [0, 0.1) is 0 Å². The normalized spacial score (nSPS) is 14.8. The molecule has 1 unspecified atom stereocenters. The van der Waals surface area contributed by atoms with Crippen molar-refractivity contribution in [2.75, 3.05) is 25.0 Å². The lowest BCUT2D eigenvalue weighted by Crippen LogP contribution is -2.46. The van der Waals surface area contributed by atoms with E-state index in [4.69, 9.17) is 5.11 Å². The largest absolute Gasteiger partial charge is 0.481 e. The lowest BCUT2D eigenvalue weighted by molar-refractivity contribution is -0.137. The number of amides is 2. The fourth-order valence-corrected chi connectivity index (χ4v) is 3.55. The van der Waals surface area contributed by atoms with Crippen molar-refractivity contribution < 1.29 is 14.7 Å². The van der Waals surface area contributed by atoms with Crippen LogP contribution in [0.15, 0.2) is 54.6 Å². The Morgan fingerprint density at radius 3 is 2.54 bits per heavy atom. The molecule has 0 bridgehead atoms. The van der Waals surface area contributed by atoms with Gasteiger partial charge in [-0.3, -0.25) is 4.79 Å². The highest BCUT2D eigenvalue weighted by Crippen LogP contribution is 2.23. The van der Waals surface area contributed by atoms with Crippen LogP contribution in [-0.4, -0.2) is 48.2 Å². The molecule has 0 saturated carbocycles. The number of anilines is 1. The first-order valence-electron chi connectivity index (χ1n) is 9.63. The van der Waals surface area contributed by atoms with E-state index < -0.39 is 5.97 Å². The SMILES string of the molecule is CN1CCN(C(=O)NC(CCC(=O)O)Cc2ccccc2)Cc2ccccc21. The van der Waals surface area contributed by atoms with Crippen molar-refractivity contribution in [2.45, 2.75) is 31.8 Å². The third-order valence-corrected chi connectivity index (χ3v) is 5.12. The second-order valence-electron chi connectivity index (χ2n) is 7.24. The minimum absolute atomic E-state index is 0.0311. The van der Waals surface area contributed by atoms with Gasteiger partial charge in [0.25, 0.3) is 0 Å². The average molecular weight is 381 g/mol. The fraction of sp³-hybridized carbons (Fsp3) is 0.364. The molecule has 2 amide bonds. The van der Waals surface area contributed by atoms with Crippen molar-refractivity contribution in [3.8, 4) is 0 Å². The summed E-state index contributed by atoms with van der Waals surface area (Å²) in [4.78, 5) is 28.0. The van der Waals surface area contributed by atoms with E-state index in [1.54, 1.807) is 4.90 Å². The van der Waals surface area contributed by atoms with Gasteiger partial charge in [-0.15, -0.1) is 0 Å². The summed E-state index contributed by atoms with van der Waals surface area (Å²) in [7, 11) is 2.03. The van der Waals surface area contributed by atoms with Gasteiger partial charge in [0.1, 0.15) is 0 Å². The first kappa shape index (κ1) is 19.7. The zero-order valence-corrected chi connectivity index (χ0v) is 16.2. The van der Waals surface area contributed by atoms with Gasteiger partial charge in [0.05, 0.1) is 0 Å². The Kier molecular flexibility index (Phi) is 6.53. The number of nitrogens with one attached hydrogen (secondary N) is 1. The molecule has 148 valence electrons. The van der Waals surface area contributed by atoms with Gasteiger partial charge in [-0.1, -0.05) is 48.5 Å². The number of rotatable bonds is 6. The maximum Gasteiger partial charge on any atom is 0.317 e. The number of likely N-dealkylation sites (N-methyl/N-ethyl adjacent to an activating group) is 1. The van der Waals surface area contributed by atoms with Crippen LogP contribution in [0.5, 0.6) is 0 Å². The molecule has 28 heavy (non-hydrogen) atoms. The molecule has 1 heterocycles. The molecular weight excluding hydrogens is 354 g/mol. The molecule has 0 aliphatic carbocycles. The van der Waals surface area contributed by atoms with Gasteiger partial charge >= 0.3 is 12.0 Å². The number of aliphatic carboxylic acids is 1. The molecule has 1 aliphatic rings. The summed E-state index contributed by atoms with van der Waals surface area (Å²) in [6.45, 7) is 1.92. The van der Waals surface area contributed by atoms with E-state index in [-0.39, 0.29) is 18.5 Å². The van der Waals surface area contributed by atoms with Gasteiger partial charge < -0.3 is 20.2 Å². The minimum Gasteiger partial charge on any atom is -0.481 e. The number of benzene rings is 2. The number of urea groups is 1. The summed E-state index contributed by atoms with van der Waals surface area (Å²) in [5.74, 6) is -0.849. The van der Waals surface area contributed by atoms with Crippen LogP contribution in [-0.2, 0) is 17.8 Å². The van der Waals surface area contributed by atoms with E-state index in [0.717, 1.165) is 23.4 Å². The summed E-state index contributed by atoms with van der Waals surface area (Å²) >= 11 is 0. The molecule has 1 aliphatic heterocycles. The van der Waals surface area contributed by atoms with Gasteiger partial charge in [-0.25, -0.2) is 4.79 Å². The first-order valence-corrected chi connectivity index (χ1v) is 9.63. The lowest BCUT2D eigenvalue weighted by Gasteiger charge is -2.25. The molecule has 1 atom stereocenters. The number of nitrogens with zero attached hydrogens (tertiary/aromatic N) is 2. The molecule has 0 saturated heterocycles. The molecule has 2 aromatic carbocycles. The summed E-state index contributed by atoms with van der Waals surface area (Å²) < 4.78 is 0. The van der Waals surface area contributed by atoms with Crippen LogP contribution in [0.4, 0.5) is 10.5 Å². The molecule has 0 spiro atoms. The molecule has 2 N–H and O–H groups in total. The van der Waals surface area contributed by atoms with Crippen LogP contribution in [0.1, 0.15) is 24.0 Å². The molecule has 6 heteroatoms. The highest BCUT2D eigenvalue weighted by Gasteiger charge is 2.23. The van der Waals surface area contributed by atoms with Crippen molar-refractivity contribution in [2.24, 2.45) is 0 Å². The van der Waals surface area contributed by atoms with Gasteiger partial charge in [-0.05, 0) is 30.0 Å². The Morgan fingerprint density at radius 2 is 1.79 bits per heavy atom. The van der Waals surface area contributed by atoms with Crippen molar-refractivity contribution in [1.29, 1.82) is 0 Å². The molecule has 2 aromatic rings. The van der Waals surface area contributed by atoms with E-state index in [2.05, 4.69) is 16.3 Å². The zero-order chi connectivity index (χ0) is 19.9. The van der Waals surface area contributed by atoms with Crippen molar-refractivity contribution in [1.82, 2.24) is 10.2 Å². The Bertz CT molecular complexity index is 810. The maximum absolute atomic E-state index is 13.0. The number of fused-ring (bicyclic) bond motifs is 1. The smallest absolute Gasteiger partial charge is 0.317 e. The Balaban J connectivity index is 1.69. The molecule has 3 rings (SSSR count). The van der Waals surface area contributed by atoms with Crippen molar-refractivity contribution >= 4 is 17.7 Å². The number of hydrogen-bond donors (Lipinski definition) is 2. The van der Waals surface area contributed by atoms with Crippen molar-refractivity contribution in [3.05, 3.63) is 65.7 Å². The van der Waals surface area contributed by atoms with Crippen molar-refractivity contribution in [3.63, 3.8) is 0 Å². The monoisotopic (exact) mass is 381 g/mol. The topological polar surface area (TPSA) is 72.9 Å². The number of carbonyl (C=O) groups excluding carboxylic acids is 1. The summed E-state index contributed by atoms with van der Waals surface area (Å²) in [5.41, 5.74) is 3.34. The second-order valence-corrected chi connectivity index (χ2v) is 7.24. The van der Waals surface area contributed by atoms with Crippen LogP contribution in [0.3, 0.4) is 0 Å². The Labute approximate surface area is 165 Å². The van der Waals surface area contributed by atoms with E-state index in [9.17, 15) is 9.59 Å².